The largest absolute Gasteiger partial charge is 0.573 e. The number of alkyl halides is 3. The molecule has 0 unspecified atom stereocenters. The molecule has 0 atom stereocenters. The number of piperidine rings is 1. The maximum absolute atomic E-state index is 12.4. The standard InChI is InChI=1S/C21H23F3N2O5S/c22-21(23,24)31-18-6-8-19(9-7-18)32(28,29)25-14-16-10-12-26(13-11-16)20(27)15-30-17-4-2-1-3-5-17/h1-9,16,25H,10-15H2. The Hall–Kier alpha value is -2.79. The second kappa shape index (κ2) is 10.2. The van der Waals surface area contributed by atoms with Crippen LogP contribution in [0.2, 0.25) is 0 Å². The molecular formula is C21H23F3N2O5S. The number of likely N-dealkylation sites (tertiary alicyclic amines) is 1. The summed E-state index contributed by atoms with van der Waals surface area (Å²) in [6.07, 6.45) is -3.60. The topological polar surface area (TPSA) is 84.9 Å². The highest BCUT2D eigenvalue weighted by atomic mass is 32.2. The third-order valence-electron chi connectivity index (χ3n) is 5.00. The second-order valence-electron chi connectivity index (χ2n) is 7.30. The van der Waals surface area contributed by atoms with Crippen molar-refractivity contribution in [1.29, 1.82) is 0 Å². The summed E-state index contributed by atoms with van der Waals surface area (Å²) in [7, 11) is -3.88. The van der Waals surface area contributed by atoms with Gasteiger partial charge in [0.15, 0.2) is 6.61 Å². The van der Waals surface area contributed by atoms with Gasteiger partial charge in [-0.25, -0.2) is 13.1 Å². The molecule has 0 aliphatic carbocycles. The Kier molecular flexibility index (Phi) is 7.62. The molecule has 1 aliphatic rings. The van der Waals surface area contributed by atoms with E-state index in [4.69, 9.17) is 4.74 Å². The van der Waals surface area contributed by atoms with Gasteiger partial charge in [-0.15, -0.1) is 13.2 Å². The van der Waals surface area contributed by atoms with Crippen molar-refractivity contribution in [2.24, 2.45) is 5.92 Å². The number of hydrogen-bond acceptors (Lipinski definition) is 5. The number of para-hydroxylation sites is 1. The summed E-state index contributed by atoms with van der Waals surface area (Å²) in [5, 5.41) is 0. The van der Waals surface area contributed by atoms with E-state index in [2.05, 4.69) is 9.46 Å². The van der Waals surface area contributed by atoms with Gasteiger partial charge in [0.1, 0.15) is 11.5 Å². The lowest BCUT2D eigenvalue weighted by Crippen LogP contribution is -2.43. The van der Waals surface area contributed by atoms with Gasteiger partial charge in [-0.2, -0.15) is 0 Å². The highest BCUT2D eigenvalue weighted by Gasteiger charge is 2.31. The van der Waals surface area contributed by atoms with Gasteiger partial charge in [0.2, 0.25) is 10.0 Å². The van der Waals surface area contributed by atoms with Crippen molar-refractivity contribution >= 4 is 15.9 Å². The summed E-state index contributed by atoms with van der Waals surface area (Å²) in [5.74, 6) is 0.0265. The first-order valence-electron chi connectivity index (χ1n) is 9.93. The van der Waals surface area contributed by atoms with Gasteiger partial charge < -0.3 is 14.4 Å². The first kappa shape index (κ1) is 23.9. The van der Waals surface area contributed by atoms with Crippen molar-refractivity contribution < 1.29 is 35.9 Å². The maximum Gasteiger partial charge on any atom is 0.573 e. The summed E-state index contributed by atoms with van der Waals surface area (Å²) >= 11 is 0. The second-order valence-corrected chi connectivity index (χ2v) is 9.06. The predicted molar refractivity (Wildman–Crippen MR) is 110 cm³/mol. The van der Waals surface area contributed by atoms with E-state index < -0.39 is 22.1 Å². The van der Waals surface area contributed by atoms with E-state index in [9.17, 15) is 26.4 Å². The summed E-state index contributed by atoms with van der Waals surface area (Å²) in [4.78, 5) is 13.8. The van der Waals surface area contributed by atoms with Crippen molar-refractivity contribution in [2.45, 2.75) is 24.1 Å². The molecular weight excluding hydrogens is 449 g/mol. The first-order valence-corrected chi connectivity index (χ1v) is 11.4. The molecule has 0 spiro atoms. The Morgan fingerprint density at radius 1 is 1.00 bits per heavy atom. The maximum atomic E-state index is 12.4. The average Bonchev–Trinajstić information content (AvgIpc) is 2.76. The van der Waals surface area contributed by atoms with E-state index in [0.29, 0.717) is 31.7 Å². The van der Waals surface area contributed by atoms with Crippen LogP contribution in [-0.2, 0) is 14.8 Å². The Bertz CT molecular complexity index is 990. The Balaban J connectivity index is 1.43. The number of benzene rings is 2. The van der Waals surface area contributed by atoms with E-state index in [0.717, 1.165) is 24.3 Å². The minimum absolute atomic E-state index is 0.0386. The highest BCUT2D eigenvalue weighted by Crippen LogP contribution is 2.24. The SMILES string of the molecule is O=C(COc1ccccc1)N1CCC(CNS(=O)(=O)c2ccc(OC(F)(F)F)cc2)CC1. The van der Waals surface area contributed by atoms with Crippen molar-refractivity contribution in [3.63, 3.8) is 0 Å². The van der Waals surface area contributed by atoms with Crippen LogP contribution in [0.3, 0.4) is 0 Å². The van der Waals surface area contributed by atoms with E-state index in [1.807, 2.05) is 18.2 Å². The third kappa shape index (κ3) is 7.13. The van der Waals surface area contributed by atoms with Crippen molar-refractivity contribution in [3.8, 4) is 11.5 Å². The van der Waals surface area contributed by atoms with Crippen molar-refractivity contribution in [2.75, 3.05) is 26.2 Å². The Morgan fingerprint density at radius 3 is 2.22 bits per heavy atom. The lowest BCUT2D eigenvalue weighted by Gasteiger charge is -2.32. The molecule has 0 aromatic heterocycles. The zero-order valence-electron chi connectivity index (χ0n) is 17.0. The van der Waals surface area contributed by atoms with Crippen LogP contribution in [0, 0.1) is 5.92 Å². The van der Waals surface area contributed by atoms with Crippen LogP contribution in [0.1, 0.15) is 12.8 Å². The highest BCUT2D eigenvalue weighted by molar-refractivity contribution is 7.89. The molecule has 1 N–H and O–H groups in total. The molecule has 11 heteroatoms. The van der Waals surface area contributed by atoms with Gasteiger partial charge in [0, 0.05) is 19.6 Å². The number of ether oxygens (including phenoxy) is 2. The van der Waals surface area contributed by atoms with Crippen LogP contribution in [0.5, 0.6) is 11.5 Å². The number of hydrogen-bond donors (Lipinski definition) is 1. The number of nitrogens with zero attached hydrogens (tertiary/aromatic N) is 1. The van der Waals surface area contributed by atoms with Crippen LogP contribution in [0.4, 0.5) is 13.2 Å². The summed E-state index contributed by atoms with van der Waals surface area (Å²) in [6, 6.07) is 13.0. The molecule has 1 aliphatic heterocycles. The molecule has 7 nitrogen and oxygen atoms in total. The molecule has 32 heavy (non-hydrogen) atoms. The number of amides is 1. The molecule has 0 radical (unpaired) electrons. The van der Waals surface area contributed by atoms with Crippen LogP contribution in [0.25, 0.3) is 0 Å². The number of carbonyl (C=O) groups is 1. The molecule has 0 bridgehead atoms. The fourth-order valence-electron chi connectivity index (χ4n) is 3.27. The fraction of sp³-hybridized carbons (Fsp3) is 0.381. The quantitative estimate of drug-likeness (QED) is 0.638. The Labute approximate surface area is 184 Å². The number of nitrogens with one attached hydrogen (secondary N) is 1. The van der Waals surface area contributed by atoms with Gasteiger partial charge >= 0.3 is 6.36 Å². The summed E-state index contributed by atoms with van der Waals surface area (Å²) in [5.41, 5.74) is 0. The molecule has 1 amide bonds. The zero-order chi connectivity index (χ0) is 23.2. The lowest BCUT2D eigenvalue weighted by atomic mass is 9.97. The van der Waals surface area contributed by atoms with Gasteiger partial charge in [0.05, 0.1) is 4.90 Å². The molecule has 174 valence electrons. The lowest BCUT2D eigenvalue weighted by molar-refractivity contribution is -0.274. The fourth-order valence-corrected chi connectivity index (χ4v) is 4.39. The van der Waals surface area contributed by atoms with Gasteiger partial charge in [-0.05, 0) is 55.2 Å². The number of rotatable bonds is 8. The minimum Gasteiger partial charge on any atom is -0.484 e. The number of halogens is 3. The van der Waals surface area contributed by atoms with E-state index in [-0.39, 0.29) is 29.9 Å². The molecule has 1 fully saturated rings. The Morgan fingerprint density at radius 2 is 1.62 bits per heavy atom. The van der Waals surface area contributed by atoms with E-state index in [1.165, 1.54) is 0 Å². The van der Waals surface area contributed by atoms with Crippen molar-refractivity contribution in [3.05, 3.63) is 54.6 Å². The molecule has 2 aromatic rings. The number of carbonyl (C=O) groups excluding carboxylic acids is 1. The molecule has 1 heterocycles. The third-order valence-corrected chi connectivity index (χ3v) is 6.44. The van der Waals surface area contributed by atoms with E-state index >= 15 is 0 Å². The summed E-state index contributed by atoms with van der Waals surface area (Å²) < 4.78 is 73.2. The minimum atomic E-state index is -4.84. The van der Waals surface area contributed by atoms with Gasteiger partial charge in [-0.3, -0.25) is 4.79 Å². The monoisotopic (exact) mass is 472 g/mol. The first-order chi connectivity index (χ1) is 15.1. The predicted octanol–water partition coefficient (Wildman–Crippen LogP) is 3.18. The molecule has 2 aromatic carbocycles. The molecule has 3 rings (SSSR count). The van der Waals surface area contributed by atoms with Gasteiger partial charge in [-0.1, -0.05) is 18.2 Å². The van der Waals surface area contributed by atoms with Crippen LogP contribution < -0.4 is 14.2 Å². The van der Waals surface area contributed by atoms with Crippen LogP contribution in [-0.4, -0.2) is 51.8 Å². The number of sulfonamides is 1. The summed E-state index contributed by atoms with van der Waals surface area (Å²) in [6.45, 7) is 1.10. The van der Waals surface area contributed by atoms with Crippen LogP contribution >= 0.6 is 0 Å². The molecule has 0 saturated carbocycles. The van der Waals surface area contributed by atoms with E-state index in [1.54, 1.807) is 17.0 Å². The normalized spacial score (nSPS) is 15.4. The van der Waals surface area contributed by atoms with Gasteiger partial charge in [0.25, 0.3) is 5.91 Å². The van der Waals surface area contributed by atoms with Crippen LogP contribution in [0.15, 0.2) is 59.5 Å². The smallest absolute Gasteiger partial charge is 0.484 e. The average molecular weight is 472 g/mol. The molecule has 1 saturated heterocycles. The van der Waals surface area contributed by atoms with Crippen molar-refractivity contribution in [1.82, 2.24) is 9.62 Å². The zero-order valence-corrected chi connectivity index (χ0v) is 17.9.